The van der Waals surface area contributed by atoms with Gasteiger partial charge in [0.25, 0.3) is 5.91 Å². The molecule has 3 aliphatic rings. The van der Waals surface area contributed by atoms with Crippen LogP contribution in [0.1, 0.15) is 57.3 Å². The van der Waals surface area contributed by atoms with E-state index in [1.54, 1.807) is 11.3 Å². The fraction of sp³-hybridized carbons (Fsp3) is 0.545. The van der Waals surface area contributed by atoms with Gasteiger partial charge in [0.15, 0.2) is 0 Å². The molecule has 3 saturated carbocycles. The van der Waals surface area contributed by atoms with Gasteiger partial charge in [-0.05, 0) is 42.1 Å². The zero-order valence-electron chi connectivity index (χ0n) is 16.1. The molecule has 1 aromatic heterocycles. The second kappa shape index (κ2) is 7.51. The fourth-order valence-electron chi connectivity index (χ4n) is 4.87. The summed E-state index contributed by atoms with van der Waals surface area (Å²) >= 11 is 1.61. The molecule has 0 spiro atoms. The molecule has 140 valence electrons. The molecule has 0 radical (unpaired) electrons. The van der Waals surface area contributed by atoms with E-state index < -0.39 is 0 Å². The summed E-state index contributed by atoms with van der Waals surface area (Å²) in [5.41, 5.74) is 1.04. The Morgan fingerprint density at radius 3 is 2.69 bits per heavy atom. The Bertz CT molecular complexity index is 794. The molecular formula is C22H29NO2S. The monoisotopic (exact) mass is 371 g/mol. The van der Waals surface area contributed by atoms with Gasteiger partial charge in [0, 0.05) is 27.9 Å². The quantitative estimate of drug-likeness (QED) is 0.742. The highest BCUT2D eigenvalue weighted by molar-refractivity contribution is 7.17. The number of carbonyl (C=O) groups is 2. The van der Waals surface area contributed by atoms with Crippen LogP contribution >= 0.6 is 11.3 Å². The second-order valence-electron chi connectivity index (χ2n) is 7.90. The number of amides is 1. The number of nitrogens with one attached hydrogen (secondary N) is 1. The summed E-state index contributed by atoms with van der Waals surface area (Å²) in [6, 6.07) is 8.14. The summed E-state index contributed by atoms with van der Waals surface area (Å²) in [7, 11) is 0. The Morgan fingerprint density at radius 2 is 2.00 bits per heavy atom. The summed E-state index contributed by atoms with van der Waals surface area (Å²) < 4.78 is 1.14. The van der Waals surface area contributed by atoms with Crippen LogP contribution in [0.4, 0.5) is 0 Å². The molecule has 1 amide bonds. The molecule has 26 heavy (non-hydrogen) atoms. The first-order valence-corrected chi connectivity index (χ1v) is 10.6. The molecule has 1 heterocycles. The van der Waals surface area contributed by atoms with Crippen molar-refractivity contribution in [1.29, 1.82) is 0 Å². The van der Waals surface area contributed by atoms with Crippen molar-refractivity contribution in [1.82, 2.24) is 5.32 Å². The number of rotatable bonds is 4. The Kier molecular flexibility index (Phi) is 5.52. The third-order valence-corrected chi connectivity index (χ3v) is 7.46. The molecule has 0 unspecified atom stereocenters. The molecule has 0 aliphatic heterocycles. The molecule has 4 atom stereocenters. The number of aldehydes is 1. The van der Waals surface area contributed by atoms with Gasteiger partial charge in [0.2, 0.25) is 0 Å². The Hall–Kier alpha value is -1.68. The molecule has 0 saturated heterocycles. The van der Waals surface area contributed by atoms with E-state index in [2.05, 4.69) is 19.2 Å². The Morgan fingerprint density at radius 1 is 1.27 bits per heavy atom. The Labute approximate surface area is 160 Å². The van der Waals surface area contributed by atoms with Crippen LogP contribution in [-0.4, -0.2) is 18.2 Å². The van der Waals surface area contributed by atoms with E-state index >= 15 is 0 Å². The van der Waals surface area contributed by atoms with Crippen molar-refractivity contribution < 1.29 is 9.59 Å². The van der Waals surface area contributed by atoms with Crippen LogP contribution in [-0.2, 0) is 4.79 Å². The van der Waals surface area contributed by atoms with Gasteiger partial charge < -0.3 is 10.1 Å². The fourth-order valence-corrected chi connectivity index (χ4v) is 5.81. The van der Waals surface area contributed by atoms with E-state index in [1.807, 2.05) is 43.5 Å². The summed E-state index contributed by atoms with van der Waals surface area (Å²) in [4.78, 5) is 24.0. The molecule has 3 aliphatic carbocycles. The van der Waals surface area contributed by atoms with Gasteiger partial charge in [0.1, 0.15) is 6.29 Å². The highest BCUT2D eigenvalue weighted by Gasteiger charge is 2.57. The second-order valence-corrected chi connectivity index (χ2v) is 8.81. The minimum Gasteiger partial charge on any atom is -0.349 e. The standard InChI is InChI=1S/C20H23NO2S.C2H6/c1-20(2)13-9-12(7-8-22)18(16(20)10-13)21-19(23)15-11-24-17-6-4-3-5-14(15)17;1-2/h3-6,8,11-13,16,18H,7,9-10H2,1-2H3,(H,21,23);1-2H3/t12-,13-,16-,18+;/m0./s1. The summed E-state index contributed by atoms with van der Waals surface area (Å²) in [5, 5.41) is 6.27. The topological polar surface area (TPSA) is 46.2 Å². The van der Waals surface area contributed by atoms with Crippen molar-refractivity contribution in [3.63, 3.8) is 0 Å². The van der Waals surface area contributed by atoms with Crippen LogP contribution in [0.2, 0.25) is 0 Å². The number of carbonyl (C=O) groups excluding carboxylic acids is 2. The summed E-state index contributed by atoms with van der Waals surface area (Å²) in [6.45, 7) is 8.62. The highest BCUT2D eigenvalue weighted by Crippen LogP contribution is 2.61. The molecule has 1 N–H and O–H groups in total. The lowest BCUT2D eigenvalue weighted by Crippen LogP contribution is -2.63. The molecule has 5 rings (SSSR count). The van der Waals surface area contributed by atoms with Gasteiger partial charge >= 0.3 is 0 Å². The molecule has 3 nitrogen and oxygen atoms in total. The number of fused-ring (bicyclic) bond motifs is 3. The smallest absolute Gasteiger partial charge is 0.252 e. The van der Waals surface area contributed by atoms with Gasteiger partial charge in [-0.2, -0.15) is 0 Å². The lowest BCUT2D eigenvalue weighted by atomic mass is 9.44. The summed E-state index contributed by atoms with van der Waals surface area (Å²) in [6.07, 6.45) is 3.80. The number of hydrogen-bond donors (Lipinski definition) is 1. The maximum atomic E-state index is 12.9. The van der Waals surface area contributed by atoms with Crippen LogP contribution < -0.4 is 5.32 Å². The van der Waals surface area contributed by atoms with Crippen LogP contribution in [0.25, 0.3) is 10.1 Å². The third-order valence-electron chi connectivity index (χ3n) is 6.50. The first kappa shape index (κ1) is 19.1. The first-order valence-electron chi connectivity index (χ1n) is 9.73. The number of benzene rings is 1. The normalized spacial score (nSPS) is 28.5. The zero-order valence-corrected chi connectivity index (χ0v) is 16.9. The van der Waals surface area contributed by atoms with E-state index in [0.717, 1.165) is 28.4 Å². The maximum absolute atomic E-state index is 12.9. The van der Waals surface area contributed by atoms with Crippen LogP contribution in [0, 0.1) is 23.2 Å². The third kappa shape index (κ3) is 3.09. The van der Waals surface area contributed by atoms with Crippen LogP contribution in [0.15, 0.2) is 29.6 Å². The predicted octanol–water partition coefficient (Wildman–Crippen LogP) is 5.30. The first-order chi connectivity index (χ1) is 12.5. The zero-order chi connectivity index (χ0) is 18.9. The molecule has 1 aromatic carbocycles. The lowest BCUT2D eigenvalue weighted by molar-refractivity contribution is -0.123. The van der Waals surface area contributed by atoms with Crippen LogP contribution in [0.3, 0.4) is 0 Å². The van der Waals surface area contributed by atoms with E-state index in [4.69, 9.17) is 0 Å². The molecule has 2 bridgehead atoms. The molecular weight excluding hydrogens is 342 g/mol. The maximum Gasteiger partial charge on any atom is 0.252 e. The van der Waals surface area contributed by atoms with Crippen molar-refractivity contribution in [2.75, 3.05) is 0 Å². The average Bonchev–Trinajstić information content (AvgIpc) is 3.08. The lowest BCUT2D eigenvalue weighted by Gasteiger charge is -2.62. The number of thiophene rings is 1. The van der Waals surface area contributed by atoms with Gasteiger partial charge in [-0.25, -0.2) is 0 Å². The van der Waals surface area contributed by atoms with E-state index in [1.165, 1.54) is 6.42 Å². The average molecular weight is 372 g/mol. The van der Waals surface area contributed by atoms with Gasteiger partial charge in [-0.1, -0.05) is 45.9 Å². The number of hydrogen-bond acceptors (Lipinski definition) is 3. The van der Waals surface area contributed by atoms with Crippen molar-refractivity contribution in [2.24, 2.45) is 23.2 Å². The van der Waals surface area contributed by atoms with Crippen molar-refractivity contribution in [2.45, 2.75) is 53.0 Å². The molecule has 2 aromatic rings. The predicted molar refractivity (Wildman–Crippen MR) is 109 cm³/mol. The van der Waals surface area contributed by atoms with Crippen molar-refractivity contribution >= 4 is 33.6 Å². The van der Waals surface area contributed by atoms with Gasteiger partial charge in [-0.3, -0.25) is 4.79 Å². The largest absolute Gasteiger partial charge is 0.349 e. The van der Waals surface area contributed by atoms with E-state index in [0.29, 0.717) is 18.3 Å². The molecule has 3 fully saturated rings. The Balaban J connectivity index is 0.000000948. The van der Waals surface area contributed by atoms with Crippen molar-refractivity contribution in [3.05, 3.63) is 35.2 Å². The summed E-state index contributed by atoms with van der Waals surface area (Å²) in [5.74, 6) is 1.47. The van der Waals surface area contributed by atoms with E-state index in [9.17, 15) is 9.59 Å². The minimum atomic E-state index is 0.00880. The van der Waals surface area contributed by atoms with Gasteiger partial charge in [0.05, 0.1) is 5.56 Å². The highest BCUT2D eigenvalue weighted by atomic mass is 32.1. The van der Waals surface area contributed by atoms with E-state index in [-0.39, 0.29) is 23.3 Å². The SMILES string of the molecule is CC.CC1(C)[C@H]2C[C@H](CC=O)[C@@H](NC(=O)c3csc4ccccc34)[C@@H]1C2. The minimum absolute atomic E-state index is 0.00880. The van der Waals surface area contributed by atoms with Crippen LogP contribution in [0.5, 0.6) is 0 Å². The van der Waals surface area contributed by atoms with Gasteiger partial charge in [-0.15, -0.1) is 11.3 Å². The van der Waals surface area contributed by atoms with Crippen molar-refractivity contribution in [3.8, 4) is 0 Å². The molecule has 4 heteroatoms.